The Kier molecular flexibility index (Phi) is 4.35. The summed E-state index contributed by atoms with van der Waals surface area (Å²) in [6, 6.07) is 6.98. The first-order valence-electron chi connectivity index (χ1n) is 8.63. The Morgan fingerprint density at radius 3 is 2.59 bits per heavy atom. The van der Waals surface area contributed by atoms with E-state index >= 15 is 0 Å². The van der Waals surface area contributed by atoms with Gasteiger partial charge in [0, 0.05) is 13.1 Å². The molecular formula is C19H18F3N3OS. The van der Waals surface area contributed by atoms with Crippen molar-refractivity contribution in [1.29, 1.82) is 0 Å². The van der Waals surface area contributed by atoms with Gasteiger partial charge in [0.15, 0.2) is 0 Å². The highest BCUT2D eigenvalue weighted by Gasteiger charge is 2.37. The van der Waals surface area contributed by atoms with E-state index in [0.29, 0.717) is 37.3 Å². The van der Waals surface area contributed by atoms with E-state index in [9.17, 15) is 18.3 Å². The molecule has 1 saturated heterocycles. The van der Waals surface area contributed by atoms with E-state index in [1.807, 2.05) is 18.4 Å². The lowest BCUT2D eigenvalue weighted by Gasteiger charge is -2.39. The van der Waals surface area contributed by atoms with Gasteiger partial charge in [-0.05, 0) is 48.9 Å². The Bertz CT molecular complexity index is 978. The predicted octanol–water partition coefficient (Wildman–Crippen LogP) is 4.51. The minimum atomic E-state index is -4.42. The Morgan fingerprint density at radius 1 is 1.15 bits per heavy atom. The Hall–Kier alpha value is -2.19. The van der Waals surface area contributed by atoms with Crippen molar-refractivity contribution in [2.75, 3.05) is 18.0 Å². The van der Waals surface area contributed by atoms with Crippen molar-refractivity contribution in [2.24, 2.45) is 0 Å². The van der Waals surface area contributed by atoms with Crippen LogP contribution in [0.2, 0.25) is 0 Å². The number of halogens is 3. The van der Waals surface area contributed by atoms with Crippen molar-refractivity contribution < 1.29 is 18.3 Å². The lowest BCUT2D eigenvalue weighted by molar-refractivity contribution is -0.137. The van der Waals surface area contributed by atoms with Crippen molar-refractivity contribution in [3.05, 3.63) is 52.7 Å². The van der Waals surface area contributed by atoms with Gasteiger partial charge < -0.3 is 10.0 Å². The highest BCUT2D eigenvalue weighted by Crippen LogP contribution is 2.38. The molecule has 3 heterocycles. The molecule has 4 rings (SSSR count). The third-order valence-electron chi connectivity index (χ3n) is 5.03. The van der Waals surface area contributed by atoms with Gasteiger partial charge in [0.1, 0.15) is 16.5 Å². The van der Waals surface area contributed by atoms with Crippen molar-refractivity contribution >= 4 is 27.4 Å². The fourth-order valence-corrected chi connectivity index (χ4v) is 4.35. The number of fused-ring (bicyclic) bond motifs is 1. The zero-order valence-corrected chi connectivity index (χ0v) is 15.4. The van der Waals surface area contributed by atoms with Crippen LogP contribution in [0.1, 0.15) is 29.8 Å². The second-order valence-electron chi connectivity index (χ2n) is 6.83. The maximum absolute atomic E-state index is 13.0. The Morgan fingerprint density at radius 2 is 1.89 bits per heavy atom. The molecule has 1 fully saturated rings. The number of thiophene rings is 1. The van der Waals surface area contributed by atoms with Crippen molar-refractivity contribution in [2.45, 2.75) is 31.5 Å². The number of rotatable bonds is 2. The average molecular weight is 393 g/mol. The normalized spacial score (nSPS) is 17.4. The maximum Gasteiger partial charge on any atom is 0.416 e. The molecule has 27 heavy (non-hydrogen) atoms. The number of alkyl halides is 3. The van der Waals surface area contributed by atoms with Gasteiger partial charge in [-0.15, -0.1) is 11.3 Å². The third kappa shape index (κ3) is 3.39. The first-order chi connectivity index (χ1) is 12.8. The molecule has 0 unspecified atom stereocenters. The van der Waals surface area contributed by atoms with Crippen LogP contribution in [0.4, 0.5) is 19.0 Å². The summed E-state index contributed by atoms with van der Waals surface area (Å²) in [7, 11) is 0. The van der Waals surface area contributed by atoms with Crippen LogP contribution in [-0.2, 0) is 11.8 Å². The quantitative estimate of drug-likeness (QED) is 0.696. The van der Waals surface area contributed by atoms with Crippen molar-refractivity contribution in [3.63, 3.8) is 0 Å². The van der Waals surface area contributed by atoms with Crippen LogP contribution in [0.15, 0.2) is 35.7 Å². The molecule has 0 radical (unpaired) electrons. The molecule has 8 heteroatoms. The van der Waals surface area contributed by atoms with Crippen LogP contribution in [-0.4, -0.2) is 28.2 Å². The zero-order valence-electron chi connectivity index (χ0n) is 14.6. The summed E-state index contributed by atoms with van der Waals surface area (Å²) < 4.78 is 39.0. The first-order valence-corrected chi connectivity index (χ1v) is 9.51. The van der Waals surface area contributed by atoms with Gasteiger partial charge in [-0.25, -0.2) is 9.97 Å². The van der Waals surface area contributed by atoms with E-state index in [1.54, 1.807) is 17.4 Å². The summed E-state index contributed by atoms with van der Waals surface area (Å²) in [5.74, 6) is 1.50. The van der Waals surface area contributed by atoms with E-state index in [1.165, 1.54) is 6.07 Å². The molecule has 1 aromatic carbocycles. The molecule has 0 atom stereocenters. The van der Waals surface area contributed by atoms with E-state index in [0.717, 1.165) is 28.2 Å². The standard InChI is InChI=1S/C19H18F3N3OS/c1-12-23-16(15-5-10-27-17(15)24-12)25-8-6-18(26,7-9-25)13-3-2-4-14(11-13)19(20,21)22/h2-5,10-11,26H,6-9H2,1H3. The smallest absolute Gasteiger partial charge is 0.385 e. The number of hydrogen-bond donors (Lipinski definition) is 1. The molecule has 1 N–H and O–H groups in total. The molecule has 3 aromatic rings. The predicted molar refractivity (Wildman–Crippen MR) is 98.9 cm³/mol. The van der Waals surface area contributed by atoms with Gasteiger partial charge in [0.2, 0.25) is 0 Å². The highest BCUT2D eigenvalue weighted by atomic mass is 32.1. The van der Waals surface area contributed by atoms with E-state index < -0.39 is 17.3 Å². The SMILES string of the molecule is Cc1nc(N2CCC(O)(c3cccc(C(F)(F)F)c3)CC2)c2ccsc2n1. The fraction of sp³-hybridized carbons (Fsp3) is 0.368. The van der Waals surface area contributed by atoms with Crippen LogP contribution in [0.3, 0.4) is 0 Å². The number of hydrogen-bond acceptors (Lipinski definition) is 5. The van der Waals surface area contributed by atoms with Gasteiger partial charge in [-0.2, -0.15) is 13.2 Å². The molecule has 0 bridgehead atoms. The third-order valence-corrected chi connectivity index (χ3v) is 5.84. The highest BCUT2D eigenvalue weighted by molar-refractivity contribution is 7.16. The molecular weight excluding hydrogens is 375 g/mol. The van der Waals surface area contributed by atoms with Crippen LogP contribution in [0, 0.1) is 6.92 Å². The number of aryl methyl sites for hydroxylation is 1. The topological polar surface area (TPSA) is 49.2 Å². The lowest BCUT2D eigenvalue weighted by Crippen LogP contribution is -2.43. The summed E-state index contributed by atoms with van der Waals surface area (Å²) >= 11 is 1.55. The van der Waals surface area contributed by atoms with Crippen LogP contribution < -0.4 is 4.90 Å². The van der Waals surface area contributed by atoms with E-state index in [4.69, 9.17) is 0 Å². The van der Waals surface area contributed by atoms with Crippen LogP contribution >= 0.6 is 11.3 Å². The second-order valence-corrected chi connectivity index (χ2v) is 7.73. The van der Waals surface area contributed by atoms with Gasteiger partial charge in [-0.1, -0.05) is 12.1 Å². The summed E-state index contributed by atoms with van der Waals surface area (Å²) in [4.78, 5) is 12.0. The number of anilines is 1. The number of aliphatic hydroxyl groups is 1. The number of piperidine rings is 1. The lowest BCUT2D eigenvalue weighted by atomic mass is 9.83. The van der Waals surface area contributed by atoms with E-state index in [2.05, 4.69) is 14.9 Å². The molecule has 0 amide bonds. The minimum Gasteiger partial charge on any atom is -0.385 e. The van der Waals surface area contributed by atoms with Crippen LogP contribution in [0.5, 0.6) is 0 Å². The summed E-state index contributed by atoms with van der Waals surface area (Å²) in [5.41, 5.74) is -1.69. The molecule has 0 spiro atoms. The second kappa shape index (κ2) is 6.45. The molecule has 1 aliphatic heterocycles. The number of benzene rings is 1. The Labute approximate surface area is 158 Å². The van der Waals surface area contributed by atoms with Gasteiger partial charge in [0.25, 0.3) is 0 Å². The molecule has 142 valence electrons. The molecule has 0 saturated carbocycles. The fourth-order valence-electron chi connectivity index (χ4n) is 3.55. The largest absolute Gasteiger partial charge is 0.416 e. The molecule has 0 aliphatic carbocycles. The number of nitrogens with zero attached hydrogens (tertiary/aromatic N) is 3. The molecule has 1 aliphatic rings. The van der Waals surface area contributed by atoms with Crippen molar-refractivity contribution in [3.8, 4) is 0 Å². The summed E-state index contributed by atoms with van der Waals surface area (Å²) in [5, 5.41) is 13.9. The minimum absolute atomic E-state index is 0.316. The zero-order chi connectivity index (χ0) is 19.2. The van der Waals surface area contributed by atoms with E-state index in [-0.39, 0.29) is 0 Å². The monoisotopic (exact) mass is 393 g/mol. The summed E-state index contributed by atoms with van der Waals surface area (Å²) in [6.07, 6.45) is -3.75. The molecule has 4 nitrogen and oxygen atoms in total. The van der Waals surface area contributed by atoms with Crippen molar-refractivity contribution in [1.82, 2.24) is 9.97 Å². The first kappa shape index (κ1) is 18.2. The average Bonchev–Trinajstić information content (AvgIpc) is 3.09. The van der Waals surface area contributed by atoms with Gasteiger partial charge >= 0.3 is 6.18 Å². The van der Waals surface area contributed by atoms with Crippen LogP contribution in [0.25, 0.3) is 10.2 Å². The van der Waals surface area contributed by atoms with Gasteiger partial charge in [0.05, 0.1) is 16.6 Å². The maximum atomic E-state index is 13.0. The van der Waals surface area contributed by atoms with Gasteiger partial charge in [-0.3, -0.25) is 0 Å². The summed E-state index contributed by atoms with van der Waals surface area (Å²) in [6.45, 7) is 2.86. The molecule has 2 aromatic heterocycles. The number of aromatic nitrogens is 2. The Balaban J connectivity index is 1.59.